The van der Waals surface area contributed by atoms with Crippen LogP contribution in [0.25, 0.3) is 0 Å². The van der Waals surface area contributed by atoms with Gasteiger partial charge >= 0.3 is 0 Å². The minimum absolute atomic E-state index is 0.0632. The summed E-state index contributed by atoms with van der Waals surface area (Å²) >= 11 is 0. The Kier molecular flexibility index (Phi) is 6.11. The van der Waals surface area contributed by atoms with Crippen LogP contribution in [0.5, 0.6) is 0 Å². The topological polar surface area (TPSA) is 44.5 Å². The standard InChI is InChI=1S/C13H20FNO2/c1-3-16-9-10(2)17-13(8-15)11-5-4-6-12(14)7-11/h4-7,10,13H,3,8-9,15H2,1-2H3. The molecule has 1 aromatic carbocycles. The first-order valence-electron chi connectivity index (χ1n) is 5.86. The van der Waals surface area contributed by atoms with E-state index in [4.69, 9.17) is 15.2 Å². The van der Waals surface area contributed by atoms with Crippen LogP contribution in [0.3, 0.4) is 0 Å². The Hall–Kier alpha value is -0.970. The molecule has 4 heteroatoms. The maximum absolute atomic E-state index is 13.1. The Morgan fingerprint density at radius 2 is 2.18 bits per heavy atom. The Morgan fingerprint density at radius 1 is 1.41 bits per heavy atom. The van der Waals surface area contributed by atoms with Crippen LogP contribution in [-0.2, 0) is 9.47 Å². The number of rotatable bonds is 7. The highest BCUT2D eigenvalue weighted by molar-refractivity contribution is 5.19. The molecule has 0 amide bonds. The van der Waals surface area contributed by atoms with Gasteiger partial charge in [0.05, 0.1) is 18.8 Å². The third-order valence-electron chi connectivity index (χ3n) is 2.39. The van der Waals surface area contributed by atoms with Gasteiger partial charge in [0.1, 0.15) is 5.82 Å². The van der Waals surface area contributed by atoms with Gasteiger partial charge in [-0.15, -0.1) is 0 Å². The molecular formula is C13H20FNO2. The Balaban J connectivity index is 2.59. The van der Waals surface area contributed by atoms with Crippen molar-refractivity contribution in [1.29, 1.82) is 0 Å². The molecule has 17 heavy (non-hydrogen) atoms. The van der Waals surface area contributed by atoms with Crippen molar-refractivity contribution in [2.45, 2.75) is 26.1 Å². The molecule has 0 aromatic heterocycles. The zero-order valence-electron chi connectivity index (χ0n) is 10.4. The van der Waals surface area contributed by atoms with Gasteiger partial charge in [-0.05, 0) is 31.5 Å². The molecule has 0 heterocycles. The molecule has 96 valence electrons. The van der Waals surface area contributed by atoms with E-state index >= 15 is 0 Å². The fourth-order valence-electron chi connectivity index (χ4n) is 1.58. The van der Waals surface area contributed by atoms with Crippen molar-refractivity contribution < 1.29 is 13.9 Å². The third-order valence-corrected chi connectivity index (χ3v) is 2.39. The van der Waals surface area contributed by atoms with Crippen molar-refractivity contribution in [3.8, 4) is 0 Å². The predicted molar refractivity (Wildman–Crippen MR) is 65.2 cm³/mol. The molecule has 0 aliphatic rings. The largest absolute Gasteiger partial charge is 0.379 e. The summed E-state index contributed by atoms with van der Waals surface area (Å²) in [6.07, 6.45) is -0.354. The van der Waals surface area contributed by atoms with Crippen LogP contribution in [-0.4, -0.2) is 25.9 Å². The summed E-state index contributed by atoms with van der Waals surface area (Å²) in [4.78, 5) is 0. The van der Waals surface area contributed by atoms with Crippen LogP contribution in [0.4, 0.5) is 4.39 Å². The highest BCUT2D eigenvalue weighted by atomic mass is 19.1. The molecule has 0 radical (unpaired) electrons. The van der Waals surface area contributed by atoms with Crippen molar-refractivity contribution >= 4 is 0 Å². The van der Waals surface area contributed by atoms with Crippen molar-refractivity contribution in [1.82, 2.24) is 0 Å². The van der Waals surface area contributed by atoms with E-state index in [1.807, 2.05) is 19.9 Å². The van der Waals surface area contributed by atoms with Gasteiger partial charge in [-0.25, -0.2) is 4.39 Å². The highest BCUT2D eigenvalue weighted by Gasteiger charge is 2.14. The lowest BCUT2D eigenvalue weighted by atomic mass is 10.1. The van der Waals surface area contributed by atoms with Crippen molar-refractivity contribution in [3.63, 3.8) is 0 Å². The molecule has 1 rings (SSSR count). The minimum Gasteiger partial charge on any atom is -0.379 e. The number of hydrogen-bond donors (Lipinski definition) is 1. The molecule has 0 fully saturated rings. The molecule has 0 aliphatic carbocycles. The fraction of sp³-hybridized carbons (Fsp3) is 0.538. The van der Waals surface area contributed by atoms with Gasteiger partial charge in [0.25, 0.3) is 0 Å². The zero-order chi connectivity index (χ0) is 12.7. The molecule has 0 saturated heterocycles. The van der Waals surface area contributed by atoms with Gasteiger partial charge < -0.3 is 15.2 Å². The lowest BCUT2D eigenvalue weighted by Crippen LogP contribution is -2.24. The SMILES string of the molecule is CCOCC(C)OC(CN)c1cccc(F)c1. The van der Waals surface area contributed by atoms with Gasteiger partial charge in [-0.2, -0.15) is 0 Å². The zero-order valence-corrected chi connectivity index (χ0v) is 10.4. The van der Waals surface area contributed by atoms with E-state index in [0.717, 1.165) is 5.56 Å². The van der Waals surface area contributed by atoms with Crippen LogP contribution in [0.15, 0.2) is 24.3 Å². The Labute approximate surface area is 102 Å². The quantitative estimate of drug-likeness (QED) is 0.796. The highest BCUT2D eigenvalue weighted by Crippen LogP contribution is 2.19. The number of hydrogen-bond acceptors (Lipinski definition) is 3. The normalized spacial score (nSPS) is 14.6. The van der Waals surface area contributed by atoms with Crippen LogP contribution in [0.2, 0.25) is 0 Å². The first-order chi connectivity index (χ1) is 8.17. The minimum atomic E-state index is -0.291. The first-order valence-corrected chi connectivity index (χ1v) is 5.86. The number of ether oxygens (including phenoxy) is 2. The van der Waals surface area contributed by atoms with Crippen LogP contribution < -0.4 is 5.73 Å². The van der Waals surface area contributed by atoms with Crippen molar-refractivity contribution in [3.05, 3.63) is 35.6 Å². The van der Waals surface area contributed by atoms with E-state index < -0.39 is 0 Å². The Bertz CT molecular complexity index is 333. The van der Waals surface area contributed by atoms with E-state index in [1.54, 1.807) is 6.07 Å². The smallest absolute Gasteiger partial charge is 0.123 e. The molecule has 2 unspecified atom stereocenters. The average Bonchev–Trinajstić information content (AvgIpc) is 2.33. The lowest BCUT2D eigenvalue weighted by molar-refractivity contribution is -0.0442. The Morgan fingerprint density at radius 3 is 2.76 bits per heavy atom. The molecule has 0 saturated carbocycles. The second-order valence-electron chi connectivity index (χ2n) is 3.89. The van der Waals surface area contributed by atoms with Crippen molar-refractivity contribution in [2.24, 2.45) is 5.73 Å². The first kappa shape index (κ1) is 14.1. The maximum atomic E-state index is 13.1. The number of nitrogens with two attached hydrogens (primary N) is 1. The molecule has 0 aliphatic heterocycles. The molecule has 3 nitrogen and oxygen atoms in total. The molecule has 2 N–H and O–H groups in total. The number of halogens is 1. The van der Waals surface area contributed by atoms with E-state index in [-0.39, 0.29) is 18.0 Å². The van der Waals surface area contributed by atoms with Crippen molar-refractivity contribution in [2.75, 3.05) is 19.8 Å². The van der Waals surface area contributed by atoms with E-state index in [9.17, 15) is 4.39 Å². The molecule has 0 spiro atoms. The van der Waals surface area contributed by atoms with Crippen LogP contribution in [0.1, 0.15) is 25.5 Å². The van der Waals surface area contributed by atoms with Crippen LogP contribution >= 0.6 is 0 Å². The summed E-state index contributed by atoms with van der Waals surface area (Å²) in [7, 11) is 0. The molecule has 0 bridgehead atoms. The summed E-state index contributed by atoms with van der Waals surface area (Å²) in [5, 5.41) is 0. The molecular weight excluding hydrogens is 221 g/mol. The monoisotopic (exact) mass is 241 g/mol. The third kappa shape index (κ3) is 4.81. The van der Waals surface area contributed by atoms with E-state index in [0.29, 0.717) is 19.8 Å². The molecule has 1 aromatic rings. The summed E-state index contributed by atoms with van der Waals surface area (Å²) in [5.41, 5.74) is 6.40. The summed E-state index contributed by atoms with van der Waals surface area (Å²) in [6.45, 7) is 5.33. The second-order valence-corrected chi connectivity index (χ2v) is 3.89. The number of benzene rings is 1. The summed E-state index contributed by atoms with van der Waals surface area (Å²) < 4.78 is 24.1. The average molecular weight is 241 g/mol. The van der Waals surface area contributed by atoms with Gasteiger partial charge in [0, 0.05) is 13.2 Å². The molecule has 2 atom stereocenters. The maximum Gasteiger partial charge on any atom is 0.123 e. The van der Waals surface area contributed by atoms with Gasteiger partial charge in [0.2, 0.25) is 0 Å². The second kappa shape index (κ2) is 7.37. The predicted octanol–water partition coefficient (Wildman–Crippen LogP) is 2.27. The van der Waals surface area contributed by atoms with Gasteiger partial charge in [-0.3, -0.25) is 0 Å². The van der Waals surface area contributed by atoms with E-state index in [2.05, 4.69) is 0 Å². The lowest BCUT2D eigenvalue weighted by Gasteiger charge is -2.21. The van der Waals surface area contributed by atoms with Gasteiger partial charge in [0.15, 0.2) is 0 Å². The summed E-state index contributed by atoms with van der Waals surface area (Å²) in [5.74, 6) is -0.276. The van der Waals surface area contributed by atoms with E-state index in [1.165, 1.54) is 12.1 Å². The fourth-order valence-corrected chi connectivity index (χ4v) is 1.58. The van der Waals surface area contributed by atoms with Crippen LogP contribution in [0, 0.1) is 5.82 Å². The van der Waals surface area contributed by atoms with Gasteiger partial charge in [-0.1, -0.05) is 12.1 Å². The summed E-state index contributed by atoms with van der Waals surface area (Å²) in [6, 6.07) is 6.32.